The molecule has 1 aromatic carbocycles. The zero-order valence-corrected chi connectivity index (χ0v) is 16.1. The van der Waals surface area contributed by atoms with Crippen molar-refractivity contribution >= 4 is 44.8 Å². The Morgan fingerprint density at radius 1 is 1.15 bits per heavy atom. The van der Waals surface area contributed by atoms with Crippen LogP contribution in [0.4, 0.5) is 5.69 Å². The number of anilines is 1. The molecule has 0 aliphatic rings. The zero-order valence-electron chi connectivity index (χ0n) is 13.7. The van der Waals surface area contributed by atoms with Gasteiger partial charge in [-0.1, -0.05) is 59.4 Å². The SMILES string of the molecule is C=C/C=C(C=C)/C=C/C(=O)Nc1csc(-c2ccc(Br)cc2)c1C(=O)O. The largest absolute Gasteiger partial charge is 0.478 e. The highest BCUT2D eigenvalue weighted by Gasteiger charge is 2.20. The molecule has 6 heteroatoms. The average Bonchev–Trinajstić information content (AvgIpc) is 3.03. The fraction of sp³-hybridized carbons (Fsp3) is 0. The number of nitrogens with one attached hydrogen (secondary N) is 1. The van der Waals surface area contributed by atoms with Crippen LogP contribution in [0.25, 0.3) is 10.4 Å². The van der Waals surface area contributed by atoms with Gasteiger partial charge in [0.1, 0.15) is 5.56 Å². The Labute approximate surface area is 164 Å². The lowest BCUT2D eigenvalue weighted by Gasteiger charge is -2.04. The van der Waals surface area contributed by atoms with E-state index in [0.29, 0.717) is 4.88 Å². The van der Waals surface area contributed by atoms with Crippen LogP contribution in [0.3, 0.4) is 0 Å². The zero-order chi connectivity index (χ0) is 19.1. The van der Waals surface area contributed by atoms with Gasteiger partial charge in [-0.2, -0.15) is 0 Å². The average molecular weight is 430 g/mol. The summed E-state index contributed by atoms with van der Waals surface area (Å²) in [4.78, 5) is 24.4. The summed E-state index contributed by atoms with van der Waals surface area (Å²) in [6.07, 6.45) is 7.78. The number of carbonyl (C=O) groups is 2. The summed E-state index contributed by atoms with van der Waals surface area (Å²) in [6.45, 7) is 7.23. The molecule has 2 rings (SSSR count). The third-order valence-electron chi connectivity index (χ3n) is 3.34. The summed E-state index contributed by atoms with van der Waals surface area (Å²) in [6, 6.07) is 7.32. The third-order valence-corrected chi connectivity index (χ3v) is 4.90. The molecule has 2 N–H and O–H groups in total. The van der Waals surface area contributed by atoms with Gasteiger partial charge in [0, 0.05) is 15.9 Å². The second-order valence-corrected chi connectivity index (χ2v) is 6.89. The van der Waals surface area contributed by atoms with Crippen LogP contribution >= 0.6 is 27.3 Å². The Balaban J connectivity index is 2.29. The number of hydrogen-bond donors (Lipinski definition) is 2. The number of carbonyl (C=O) groups excluding carboxylic acids is 1. The van der Waals surface area contributed by atoms with E-state index in [4.69, 9.17) is 0 Å². The lowest BCUT2D eigenvalue weighted by molar-refractivity contribution is -0.111. The number of halogens is 1. The summed E-state index contributed by atoms with van der Waals surface area (Å²) in [5, 5.41) is 13.8. The predicted molar refractivity (Wildman–Crippen MR) is 111 cm³/mol. The minimum Gasteiger partial charge on any atom is -0.478 e. The van der Waals surface area contributed by atoms with Gasteiger partial charge in [0.05, 0.1) is 10.6 Å². The van der Waals surface area contributed by atoms with Crippen molar-refractivity contribution in [3.63, 3.8) is 0 Å². The van der Waals surface area contributed by atoms with Crippen LogP contribution in [0.15, 0.2) is 83.2 Å². The predicted octanol–water partition coefficient (Wildman–Crippen LogP) is 5.67. The van der Waals surface area contributed by atoms with Crippen LogP contribution in [-0.2, 0) is 4.79 Å². The van der Waals surface area contributed by atoms with E-state index in [1.54, 1.807) is 29.7 Å². The van der Waals surface area contributed by atoms with Gasteiger partial charge in [0.25, 0.3) is 0 Å². The first kappa shape index (κ1) is 19.6. The number of benzene rings is 1. The number of rotatable bonds is 7. The smallest absolute Gasteiger partial charge is 0.339 e. The van der Waals surface area contributed by atoms with E-state index in [-0.39, 0.29) is 11.3 Å². The topological polar surface area (TPSA) is 66.4 Å². The van der Waals surface area contributed by atoms with E-state index in [1.165, 1.54) is 17.4 Å². The van der Waals surface area contributed by atoms with Crippen molar-refractivity contribution in [2.75, 3.05) is 5.32 Å². The van der Waals surface area contributed by atoms with E-state index in [2.05, 4.69) is 34.4 Å². The van der Waals surface area contributed by atoms with Gasteiger partial charge in [0.2, 0.25) is 5.91 Å². The first-order valence-corrected chi connectivity index (χ1v) is 9.18. The molecule has 0 aliphatic heterocycles. The maximum absolute atomic E-state index is 12.1. The van der Waals surface area contributed by atoms with Crippen molar-refractivity contribution in [3.8, 4) is 10.4 Å². The first-order valence-electron chi connectivity index (χ1n) is 7.51. The maximum Gasteiger partial charge on any atom is 0.339 e. The molecule has 1 heterocycles. The van der Waals surface area contributed by atoms with Crippen molar-refractivity contribution in [3.05, 3.63) is 88.8 Å². The molecule has 0 radical (unpaired) electrons. The Bertz CT molecular complexity index is 908. The summed E-state index contributed by atoms with van der Waals surface area (Å²) in [5.74, 6) is -1.52. The van der Waals surface area contributed by atoms with E-state index >= 15 is 0 Å². The second kappa shape index (κ2) is 9.12. The molecule has 0 spiro atoms. The highest BCUT2D eigenvalue weighted by Crippen LogP contribution is 2.36. The van der Waals surface area contributed by atoms with Gasteiger partial charge in [-0.15, -0.1) is 11.3 Å². The number of allylic oxidation sites excluding steroid dienone is 5. The molecule has 0 bridgehead atoms. The molecule has 2 aromatic rings. The van der Waals surface area contributed by atoms with Crippen LogP contribution in [0.2, 0.25) is 0 Å². The molecule has 0 aliphatic carbocycles. The molecule has 0 saturated heterocycles. The molecule has 26 heavy (non-hydrogen) atoms. The Morgan fingerprint density at radius 2 is 1.85 bits per heavy atom. The number of amides is 1. The standard InChI is InChI=1S/C20H16BrNO3S/c1-3-5-13(4-2)6-11-17(23)22-16-12-26-19(18(16)20(24)25)14-7-9-15(21)10-8-14/h3-12H,1-2H2,(H,22,23)(H,24,25)/b11-6+,13-5+. The van der Waals surface area contributed by atoms with Crippen LogP contribution in [-0.4, -0.2) is 17.0 Å². The van der Waals surface area contributed by atoms with Crippen LogP contribution in [0.5, 0.6) is 0 Å². The van der Waals surface area contributed by atoms with Gasteiger partial charge >= 0.3 is 5.97 Å². The summed E-state index contributed by atoms with van der Waals surface area (Å²) >= 11 is 4.62. The molecule has 132 valence electrons. The van der Waals surface area contributed by atoms with Gasteiger partial charge in [0.15, 0.2) is 0 Å². The van der Waals surface area contributed by atoms with Crippen molar-refractivity contribution < 1.29 is 14.7 Å². The molecule has 0 atom stereocenters. The van der Waals surface area contributed by atoms with Crippen molar-refractivity contribution in [1.82, 2.24) is 0 Å². The van der Waals surface area contributed by atoms with Crippen molar-refractivity contribution in [1.29, 1.82) is 0 Å². The van der Waals surface area contributed by atoms with E-state index < -0.39 is 11.9 Å². The molecular formula is C20H16BrNO3S. The van der Waals surface area contributed by atoms with E-state index in [1.807, 2.05) is 24.3 Å². The van der Waals surface area contributed by atoms with Gasteiger partial charge in [-0.25, -0.2) is 4.79 Å². The van der Waals surface area contributed by atoms with Crippen molar-refractivity contribution in [2.45, 2.75) is 0 Å². The first-order chi connectivity index (χ1) is 12.5. The third kappa shape index (κ3) is 4.91. The molecule has 0 saturated carbocycles. The fourth-order valence-corrected chi connectivity index (χ4v) is 3.41. The minimum absolute atomic E-state index is 0.0738. The Kier molecular flexibility index (Phi) is 6.89. The lowest BCUT2D eigenvalue weighted by Crippen LogP contribution is -2.11. The molecule has 1 amide bonds. The quantitative estimate of drug-likeness (QED) is 0.440. The summed E-state index contributed by atoms with van der Waals surface area (Å²) in [7, 11) is 0. The van der Waals surface area contributed by atoms with E-state index in [0.717, 1.165) is 15.6 Å². The Morgan fingerprint density at radius 3 is 2.42 bits per heavy atom. The molecule has 4 nitrogen and oxygen atoms in total. The lowest BCUT2D eigenvalue weighted by atomic mass is 10.1. The normalized spacial score (nSPS) is 11.3. The van der Waals surface area contributed by atoms with Crippen molar-refractivity contribution in [2.24, 2.45) is 0 Å². The summed E-state index contributed by atoms with van der Waals surface area (Å²) in [5.41, 5.74) is 1.83. The van der Waals surface area contributed by atoms with Crippen LogP contribution < -0.4 is 5.32 Å². The van der Waals surface area contributed by atoms with Gasteiger partial charge in [-0.3, -0.25) is 4.79 Å². The van der Waals surface area contributed by atoms with Gasteiger partial charge in [-0.05, 0) is 29.3 Å². The fourth-order valence-electron chi connectivity index (χ4n) is 2.15. The number of aromatic carboxylic acids is 1. The molecule has 0 fully saturated rings. The summed E-state index contributed by atoms with van der Waals surface area (Å²) < 4.78 is 0.902. The monoisotopic (exact) mass is 429 g/mol. The van der Waals surface area contributed by atoms with E-state index in [9.17, 15) is 14.7 Å². The number of carboxylic acids is 1. The molecular weight excluding hydrogens is 414 g/mol. The van der Waals surface area contributed by atoms with Gasteiger partial charge < -0.3 is 10.4 Å². The molecule has 0 unspecified atom stereocenters. The Hall–Kier alpha value is -2.70. The highest BCUT2D eigenvalue weighted by molar-refractivity contribution is 9.10. The second-order valence-electron chi connectivity index (χ2n) is 5.09. The maximum atomic E-state index is 12.1. The minimum atomic E-state index is -1.10. The number of carboxylic acid groups (broad SMARTS) is 1. The van der Waals surface area contributed by atoms with Crippen LogP contribution in [0, 0.1) is 0 Å². The number of thiophene rings is 1. The number of hydrogen-bond acceptors (Lipinski definition) is 3. The molecule has 1 aromatic heterocycles. The highest BCUT2D eigenvalue weighted by atomic mass is 79.9. The van der Waals surface area contributed by atoms with Crippen LogP contribution in [0.1, 0.15) is 10.4 Å².